The third-order valence-electron chi connectivity index (χ3n) is 5.57. The summed E-state index contributed by atoms with van der Waals surface area (Å²) in [6, 6.07) is 5.49. The van der Waals surface area contributed by atoms with Gasteiger partial charge in [-0.1, -0.05) is 35.3 Å². The lowest BCUT2D eigenvalue weighted by molar-refractivity contribution is -0.150. The number of benzene rings is 1. The van der Waals surface area contributed by atoms with Gasteiger partial charge in [0.2, 0.25) is 11.8 Å². The second kappa shape index (κ2) is 9.47. The molecule has 154 valence electrons. The Balaban J connectivity index is 1.47. The van der Waals surface area contributed by atoms with E-state index in [4.69, 9.17) is 27.9 Å². The molecule has 0 saturated carbocycles. The topological polar surface area (TPSA) is 49.9 Å². The number of morpholine rings is 1. The lowest BCUT2D eigenvalue weighted by atomic mass is 9.94. The van der Waals surface area contributed by atoms with Gasteiger partial charge in [-0.15, -0.1) is 0 Å². The predicted molar refractivity (Wildman–Crippen MR) is 111 cm³/mol. The zero-order valence-corrected chi connectivity index (χ0v) is 18.0. The summed E-state index contributed by atoms with van der Waals surface area (Å²) in [7, 11) is 0. The van der Waals surface area contributed by atoms with Crippen LogP contribution in [0.3, 0.4) is 0 Å². The third kappa shape index (κ3) is 5.19. The van der Waals surface area contributed by atoms with Gasteiger partial charge in [-0.05, 0) is 44.7 Å². The number of aryl methyl sites for hydroxylation is 1. The minimum Gasteiger partial charge on any atom is -0.372 e. The molecule has 2 heterocycles. The summed E-state index contributed by atoms with van der Waals surface area (Å²) in [6.07, 6.45) is 2.57. The summed E-state index contributed by atoms with van der Waals surface area (Å²) >= 11 is 12.2. The molecule has 0 radical (unpaired) electrons. The standard InChI is InChI=1S/C21H28Cl2N2O3/c1-14-12-25(13-15(2)28-14)21(27)17-8-10-24(11-9-17)19(26)7-6-16-4-3-5-18(22)20(16)23/h3-5,14-15,17H,6-13H2,1-2H3/t14-,15-/m1/s1. The molecule has 2 amide bonds. The van der Waals surface area contributed by atoms with E-state index in [-0.39, 0.29) is 29.9 Å². The number of halogens is 2. The molecule has 2 aliphatic rings. The Bertz CT molecular complexity index is 710. The Labute approximate surface area is 176 Å². The fourth-order valence-corrected chi connectivity index (χ4v) is 4.55. The quantitative estimate of drug-likeness (QED) is 0.735. The molecule has 5 nitrogen and oxygen atoms in total. The molecule has 0 N–H and O–H groups in total. The lowest BCUT2D eigenvalue weighted by Crippen LogP contribution is -2.51. The Hall–Kier alpha value is -1.30. The molecule has 3 rings (SSSR count). The average molecular weight is 427 g/mol. The first kappa shape index (κ1) is 21.4. The second-order valence-corrected chi connectivity index (χ2v) is 8.65. The van der Waals surface area contributed by atoms with Gasteiger partial charge in [0.15, 0.2) is 0 Å². The number of rotatable bonds is 4. The van der Waals surface area contributed by atoms with Crippen LogP contribution in [0.25, 0.3) is 0 Å². The first-order valence-corrected chi connectivity index (χ1v) is 10.8. The summed E-state index contributed by atoms with van der Waals surface area (Å²) in [5.41, 5.74) is 0.892. The molecule has 7 heteroatoms. The fourth-order valence-electron chi connectivity index (χ4n) is 4.13. The molecule has 2 aliphatic heterocycles. The van der Waals surface area contributed by atoms with E-state index in [1.165, 1.54) is 0 Å². The van der Waals surface area contributed by atoms with Crippen molar-refractivity contribution in [2.45, 2.75) is 51.7 Å². The molecule has 0 unspecified atom stereocenters. The molecule has 0 aromatic heterocycles. The number of hydrogen-bond donors (Lipinski definition) is 0. The van der Waals surface area contributed by atoms with E-state index in [1.807, 2.05) is 35.8 Å². The third-order valence-corrected chi connectivity index (χ3v) is 6.43. The van der Waals surface area contributed by atoms with Crippen molar-refractivity contribution in [2.24, 2.45) is 5.92 Å². The Kier molecular flexibility index (Phi) is 7.24. The number of hydrogen-bond acceptors (Lipinski definition) is 3. The Morgan fingerprint density at radius 1 is 1.07 bits per heavy atom. The van der Waals surface area contributed by atoms with Gasteiger partial charge < -0.3 is 14.5 Å². The molecule has 2 saturated heterocycles. The Morgan fingerprint density at radius 3 is 2.36 bits per heavy atom. The van der Waals surface area contributed by atoms with E-state index in [9.17, 15) is 9.59 Å². The van der Waals surface area contributed by atoms with E-state index in [0.717, 1.165) is 18.4 Å². The first-order valence-electron chi connectivity index (χ1n) is 10.00. The number of carbonyl (C=O) groups excluding carboxylic acids is 2. The van der Waals surface area contributed by atoms with Gasteiger partial charge in [0.25, 0.3) is 0 Å². The van der Waals surface area contributed by atoms with Gasteiger partial charge in [0.1, 0.15) is 0 Å². The van der Waals surface area contributed by atoms with Crippen molar-refractivity contribution in [3.8, 4) is 0 Å². The summed E-state index contributed by atoms with van der Waals surface area (Å²) in [6.45, 7) is 6.58. The molecule has 1 aromatic carbocycles. The van der Waals surface area contributed by atoms with Crippen LogP contribution in [0.1, 0.15) is 38.7 Å². The smallest absolute Gasteiger partial charge is 0.225 e. The normalized spacial score (nSPS) is 23.7. The molecule has 28 heavy (non-hydrogen) atoms. The van der Waals surface area contributed by atoms with Gasteiger partial charge in [-0.2, -0.15) is 0 Å². The number of ether oxygens (including phenoxy) is 1. The highest BCUT2D eigenvalue weighted by Gasteiger charge is 2.33. The summed E-state index contributed by atoms with van der Waals surface area (Å²) < 4.78 is 5.72. The van der Waals surface area contributed by atoms with Crippen LogP contribution < -0.4 is 0 Å². The zero-order chi connectivity index (χ0) is 20.3. The second-order valence-electron chi connectivity index (χ2n) is 7.87. The van der Waals surface area contributed by atoms with Gasteiger partial charge >= 0.3 is 0 Å². The summed E-state index contributed by atoms with van der Waals surface area (Å²) in [4.78, 5) is 29.2. The zero-order valence-electron chi connectivity index (χ0n) is 16.5. The fraction of sp³-hybridized carbons (Fsp3) is 0.619. The van der Waals surface area contributed by atoms with E-state index in [2.05, 4.69) is 0 Å². The van der Waals surface area contributed by atoms with Gasteiger partial charge in [-0.3, -0.25) is 9.59 Å². The number of piperidine rings is 1. The molecule has 2 atom stereocenters. The minimum absolute atomic E-state index is 0.00363. The molecule has 2 fully saturated rings. The van der Waals surface area contributed by atoms with Crippen LogP contribution in [0.5, 0.6) is 0 Å². The monoisotopic (exact) mass is 426 g/mol. The van der Waals surface area contributed by atoms with E-state index in [1.54, 1.807) is 6.07 Å². The highest BCUT2D eigenvalue weighted by atomic mass is 35.5. The first-order chi connectivity index (χ1) is 13.3. The number of carbonyl (C=O) groups is 2. The predicted octanol–water partition coefficient (Wildman–Crippen LogP) is 3.80. The van der Waals surface area contributed by atoms with Crippen LogP contribution in [0.15, 0.2) is 18.2 Å². The van der Waals surface area contributed by atoms with Crippen LogP contribution in [0.4, 0.5) is 0 Å². The molecular formula is C21H28Cl2N2O3. The summed E-state index contributed by atoms with van der Waals surface area (Å²) in [5, 5.41) is 1.04. The van der Waals surface area contributed by atoms with Crippen molar-refractivity contribution in [3.63, 3.8) is 0 Å². The van der Waals surface area contributed by atoms with Crippen LogP contribution >= 0.6 is 23.2 Å². The van der Waals surface area contributed by atoms with Crippen molar-refractivity contribution in [3.05, 3.63) is 33.8 Å². The van der Waals surface area contributed by atoms with Crippen LogP contribution in [0, 0.1) is 5.92 Å². The molecule has 0 spiro atoms. The van der Waals surface area contributed by atoms with E-state index in [0.29, 0.717) is 49.1 Å². The number of amides is 2. The summed E-state index contributed by atoms with van der Waals surface area (Å²) in [5.74, 6) is 0.319. The van der Waals surface area contributed by atoms with Gasteiger partial charge in [0, 0.05) is 38.5 Å². The number of likely N-dealkylation sites (tertiary alicyclic amines) is 1. The van der Waals surface area contributed by atoms with E-state index < -0.39 is 0 Å². The van der Waals surface area contributed by atoms with Crippen molar-refractivity contribution in [1.29, 1.82) is 0 Å². The molecule has 0 aliphatic carbocycles. The molecular weight excluding hydrogens is 399 g/mol. The highest BCUT2D eigenvalue weighted by Crippen LogP contribution is 2.27. The Morgan fingerprint density at radius 2 is 1.71 bits per heavy atom. The SMILES string of the molecule is C[C@@H]1CN(C(=O)C2CCN(C(=O)CCc3cccc(Cl)c3Cl)CC2)C[C@@H](C)O1. The van der Waals surface area contributed by atoms with Crippen LogP contribution in [-0.4, -0.2) is 60.0 Å². The maximum absolute atomic E-state index is 12.8. The van der Waals surface area contributed by atoms with Crippen LogP contribution in [0.2, 0.25) is 10.0 Å². The highest BCUT2D eigenvalue weighted by molar-refractivity contribution is 6.42. The van der Waals surface area contributed by atoms with Gasteiger partial charge in [0.05, 0.1) is 22.3 Å². The average Bonchev–Trinajstić information content (AvgIpc) is 2.67. The van der Waals surface area contributed by atoms with Crippen molar-refractivity contribution >= 4 is 35.0 Å². The number of nitrogens with zero attached hydrogens (tertiary/aromatic N) is 2. The maximum atomic E-state index is 12.8. The molecule has 1 aromatic rings. The largest absolute Gasteiger partial charge is 0.372 e. The van der Waals surface area contributed by atoms with Crippen molar-refractivity contribution in [1.82, 2.24) is 9.80 Å². The van der Waals surface area contributed by atoms with Crippen LogP contribution in [-0.2, 0) is 20.7 Å². The maximum Gasteiger partial charge on any atom is 0.225 e. The van der Waals surface area contributed by atoms with Crippen molar-refractivity contribution in [2.75, 3.05) is 26.2 Å². The lowest BCUT2D eigenvalue weighted by Gasteiger charge is -2.39. The molecule has 0 bridgehead atoms. The van der Waals surface area contributed by atoms with E-state index >= 15 is 0 Å². The van der Waals surface area contributed by atoms with Gasteiger partial charge in [-0.25, -0.2) is 0 Å². The minimum atomic E-state index is 0.00363. The van der Waals surface area contributed by atoms with Crippen molar-refractivity contribution < 1.29 is 14.3 Å².